The van der Waals surface area contributed by atoms with Gasteiger partial charge < -0.3 is 13.7 Å². The molecule has 76 heavy (non-hydrogen) atoms. The smallest absolute Gasteiger partial charge is 0.160 e. The van der Waals surface area contributed by atoms with Crippen LogP contribution in [0.2, 0.25) is 0 Å². The third-order valence-electron chi connectivity index (χ3n) is 15.4. The van der Waals surface area contributed by atoms with Crippen molar-refractivity contribution >= 4 is 97.1 Å². The highest BCUT2D eigenvalue weighted by Gasteiger charge is 2.27. The Morgan fingerprint density at radius 3 is 1.46 bits per heavy atom. The first-order chi connectivity index (χ1) is 37.7. The van der Waals surface area contributed by atoms with Crippen molar-refractivity contribution in [1.29, 1.82) is 0 Å². The van der Waals surface area contributed by atoms with Crippen LogP contribution < -0.4 is 0 Å². The molecule has 354 valence electrons. The van der Waals surface area contributed by atoms with Crippen molar-refractivity contribution in [2.75, 3.05) is 0 Å². The predicted octanol–water partition coefficient (Wildman–Crippen LogP) is 18.8. The van der Waals surface area contributed by atoms with E-state index in [1.54, 1.807) is 11.3 Å². The number of aromatic nitrogens is 5. The van der Waals surface area contributed by atoms with Crippen molar-refractivity contribution < 1.29 is 0 Å². The standard InChI is InChI=1S/C70H43N5S/c1-5-21-44(22-6-1)55-42-49(43-56(45-23-7-2-8-24-45)64(55)67-69-66(54-32-16-20-36-63(54)76-69)71-70(72-67)46-25-9-3-10-26-46)75-61-39-37-48(74-58-33-17-13-29-50(58)51-30-14-18-34-59(51)74)41-57(61)52-38-40-62-65(68(52)75)53-31-15-19-35-60(53)73(62)47-27-11-4-12-28-47/h1-43H. The number of hydrogen-bond donors (Lipinski definition) is 0. The molecule has 0 unspecified atom stereocenters. The molecule has 5 aromatic heterocycles. The van der Waals surface area contributed by atoms with E-state index in [0.29, 0.717) is 5.82 Å². The minimum absolute atomic E-state index is 0.701. The summed E-state index contributed by atoms with van der Waals surface area (Å²) in [4.78, 5) is 11.1. The molecule has 0 aliphatic rings. The first-order valence-corrected chi connectivity index (χ1v) is 26.6. The Bertz CT molecular complexity index is 4860. The minimum atomic E-state index is 0.701. The van der Waals surface area contributed by atoms with E-state index in [9.17, 15) is 0 Å². The largest absolute Gasteiger partial charge is 0.309 e. The fourth-order valence-electron chi connectivity index (χ4n) is 12.2. The molecule has 0 fully saturated rings. The maximum Gasteiger partial charge on any atom is 0.160 e. The molecular formula is C70H43N5S. The second-order valence-corrected chi connectivity index (χ2v) is 20.7. The molecule has 0 saturated heterocycles. The van der Waals surface area contributed by atoms with Crippen molar-refractivity contribution in [3.63, 3.8) is 0 Å². The minimum Gasteiger partial charge on any atom is -0.309 e. The monoisotopic (exact) mass is 985 g/mol. The van der Waals surface area contributed by atoms with Gasteiger partial charge >= 0.3 is 0 Å². The maximum atomic E-state index is 5.67. The van der Waals surface area contributed by atoms with Crippen LogP contribution in [-0.4, -0.2) is 23.7 Å². The molecule has 0 saturated carbocycles. The summed E-state index contributed by atoms with van der Waals surface area (Å²) in [5, 5.41) is 8.37. The Hall–Kier alpha value is -9.88. The van der Waals surface area contributed by atoms with Crippen molar-refractivity contribution in [2.45, 2.75) is 0 Å². The van der Waals surface area contributed by atoms with E-state index in [1.165, 1.54) is 48.1 Å². The molecule has 5 heterocycles. The van der Waals surface area contributed by atoms with Crippen LogP contribution >= 0.6 is 11.3 Å². The van der Waals surface area contributed by atoms with E-state index in [1.807, 2.05) is 0 Å². The number of thiophene rings is 1. The Morgan fingerprint density at radius 2 is 0.816 bits per heavy atom. The summed E-state index contributed by atoms with van der Waals surface area (Å²) in [6.07, 6.45) is 0. The van der Waals surface area contributed by atoms with Crippen LogP contribution in [0.5, 0.6) is 0 Å². The normalized spacial score (nSPS) is 11.9. The number of fused-ring (bicyclic) bond motifs is 13. The van der Waals surface area contributed by atoms with Gasteiger partial charge in [0.1, 0.15) is 0 Å². The predicted molar refractivity (Wildman–Crippen MR) is 320 cm³/mol. The van der Waals surface area contributed by atoms with Gasteiger partial charge in [0.05, 0.1) is 49.0 Å². The van der Waals surface area contributed by atoms with E-state index in [4.69, 9.17) is 9.97 Å². The topological polar surface area (TPSA) is 40.6 Å². The van der Waals surface area contributed by atoms with Crippen LogP contribution in [0.25, 0.3) is 148 Å². The van der Waals surface area contributed by atoms with Crippen molar-refractivity contribution in [1.82, 2.24) is 23.7 Å². The van der Waals surface area contributed by atoms with Gasteiger partial charge in [0.25, 0.3) is 0 Å². The van der Waals surface area contributed by atoms with Gasteiger partial charge in [-0.1, -0.05) is 188 Å². The molecule has 16 rings (SSSR count). The first kappa shape index (κ1) is 42.6. The number of hydrogen-bond acceptors (Lipinski definition) is 3. The summed E-state index contributed by atoms with van der Waals surface area (Å²) in [5.41, 5.74) is 18.6. The summed E-state index contributed by atoms with van der Waals surface area (Å²) in [7, 11) is 0. The van der Waals surface area contributed by atoms with Gasteiger partial charge in [-0.05, 0) is 95.1 Å². The Balaban J connectivity index is 1.07. The van der Waals surface area contributed by atoms with E-state index < -0.39 is 0 Å². The molecule has 11 aromatic carbocycles. The SMILES string of the molecule is c1ccc(-c2nc(-c3c(-c4ccccc4)cc(-n4c5ccc(-n6c7ccccc7c7ccccc76)cc5c5ccc6c(c7ccccc7n6-c6ccccc6)c54)cc3-c3ccccc3)c3sc4ccccc4c3n2)cc1. The van der Waals surface area contributed by atoms with Gasteiger partial charge in [0.2, 0.25) is 0 Å². The molecule has 0 aliphatic heterocycles. The van der Waals surface area contributed by atoms with Crippen molar-refractivity contribution in [3.8, 4) is 62.0 Å². The van der Waals surface area contributed by atoms with Crippen molar-refractivity contribution in [3.05, 3.63) is 261 Å². The van der Waals surface area contributed by atoms with Crippen LogP contribution in [0, 0.1) is 0 Å². The first-order valence-electron chi connectivity index (χ1n) is 25.8. The zero-order valence-corrected chi connectivity index (χ0v) is 41.8. The molecular weight excluding hydrogens is 943 g/mol. The molecule has 0 bridgehead atoms. The second kappa shape index (κ2) is 16.8. The van der Waals surface area contributed by atoms with Crippen LogP contribution in [0.15, 0.2) is 261 Å². The average Bonchev–Trinajstić information content (AvgIpc) is 4.35. The van der Waals surface area contributed by atoms with Gasteiger partial charge in [-0.3, -0.25) is 0 Å². The van der Waals surface area contributed by atoms with E-state index in [0.717, 1.165) is 93.8 Å². The molecule has 0 amide bonds. The lowest BCUT2D eigenvalue weighted by molar-refractivity contribution is 1.17. The third kappa shape index (κ3) is 6.38. The third-order valence-corrected chi connectivity index (χ3v) is 16.6. The zero-order chi connectivity index (χ0) is 49.8. The van der Waals surface area contributed by atoms with Crippen molar-refractivity contribution in [2.24, 2.45) is 0 Å². The highest BCUT2D eigenvalue weighted by atomic mass is 32.1. The van der Waals surface area contributed by atoms with Gasteiger partial charge in [-0.2, -0.15) is 0 Å². The lowest BCUT2D eigenvalue weighted by atomic mass is 9.88. The summed E-state index contributed by atoms with van der Waals surface area (Å²) < 4.78 is 9.66. The summed E-state index contributed by atoms with van der Waals surface area (Å²) >= 11 is 1.77. The number of rotatable bonds is 7. The lowest BCUT2D eigenvalue weighted by Crippen LogP contribution is -2.01. The molecule has 0 radical (unpaired) electrons. The second-order valence-electron chi connectivity index (χ2n) is 19.6. The number of benzene rings is 11. The molecule has 6 heteroatoms. The summed E-state index contributed by atoms with van der Waals surface area (Å²) in [5.74, 6) is 0.701. The summed E-state index contributed by atoms with van der Waals surface area (Å²) in [6, 6.07) is 94.7. The van der Waals surface area contributed by atoms with Crippen LogP contribution in [0.3, 0.4) is 0 Å². The summed E-state index contributed by atoms with van der Waals surface area (Å²) in [6.45, 7) is 0. The molecule has 5 nitrogen and oxygen atoms in total. The fourth-order valence-corrected chi connectivity index (χ4v) is 13.3. The maximum absolute atomic E-state index is 5.67. The molecule has 0 aliphatic carbocycles. The van der Waals surface area contributed by atoms with Gasteiger partial charge in [0.15, 0.2) is 5.82 Å². The van der Waals surface area contributed by atoms with Gasteiger partial charge in [0, 0.05) is 70.6 Å². The number of para-hydroxylation sites is 4. The highest BCUT2D eigenvalue weighted by molar-refractivity contribution is 7.26. The van der Waals surface area contributed by atoms with Crippen LogP contribution in [-0.2, 0) is 0 Å². The number of nitrogens with zero attached hydrogens (tertiary/aromatic N) is 5. The van der Waals surface area contributed by atoms with Gasteiger partial charge in [-0.25, -0.2) is 9.97 Å². The van der Waals surface area contributed by atoms with E-state index in [2.05, 4.69) is 275 Å². The van der Waals surface area contributed by atoms with E-state index >= 15 is 0 Å². The highest BCUT2D eigenvalue weighted by Crippen LogP contribution is 2.49. The molecule has 0 atom stereocenters. The Morgan fingerprint density at radius 1 is 0.316 bits per heavy atom. The lowest BCUT2D eigenvalue weighted by Gasteiger charge is -2.20. The van der Waals surface area contributed by atoms with Crippen LogP contribution in [0.4, 0.5) is 0 Å². The Labute approximate surface area is 441 Å². The Kier molecular flexibility index (Phi) is 9.44. The zero-order valence-electron chi connectivity index (χ0n) is 41.0. The molecule has 0 N–H and O–H groups in total. The molecule has 0 spiro atoms. The van der Waals surface area contributed by atoms with Gasteiger partial charge in [-0.15, -0.1) is 11.3 Å². The fraction of sp³-hybridized carbons (Fsp3) is 0. The quantitative estimate of drug-likeness (QED) is 0.160. The molecule has 16 aromatic rings. The average molecular weight is 986 g/mol. The van der Waals surface area contributed by atoms with Crippen LogP contribution in [0.1, 0.15) is 0 Å². The van der Waals surface area contributed by atoms with E-state index in [-0.39, 0.29) is 0 Å².